The predicted octanol–water partition coefficient (Wildman–Crippen LogP) is 5.07. The van der Waals surface area contributed by atoms with E-state index in [1.54, 1.807) is 0 Å². The molecule has 0 aliphatic carbocycles. The number of carbonyl (C=O) groups excluding carboxylic acids is 1. The molecule has 3 heterocycles. The Labute approximate surface area is 179 Å². The number of hydrogen-bond acceptors (Lipinski definition) is 8. The minimum absolute atomic E-state index is 0.0147. The number of halogens is 6. The first-order chi connectivity index (χ1) is 15.0. The van der Waals surface area contributed by atoms with Crippen molar-refractivity contribution in [2.24, 2.45) is 9.63 Å². The number of pyridine rings is 2. The lowest BCUT2D eigenvalue weighted by molar-refractivity contribution is -0.139. The highest BCUT2D eigenvalue weighted by Gasteiger charge is 2.33. The van der Waals surface area contributed by atoms with Crippen LogP contribution >= 0.6 is 11.3 Å². The SMILES string of the molecule is CCOC(=O)C1=C(Nc2cncc(C(F)(F)F)c2)[SH](Nc2cncc(C(F)(F)F)c2)N=N1. The number of rotatable bonds is 6. The molecule has 0 aromatic carbocycles. The molecule has 0 spiro atoms. The van der Waals surface area contributed by atoms with Gasteiger partial charge in [0.1, 0.15) is 5.03 Å². The minimum atomic E-state index is -4.67. The van der Waals surface area contributed by atoms with Gasteiger partial charge in [-0.25, -0.2) is 4.79 Å². The zero-order valence-corrected chi connectivity index (χ0v) is 16.9. The Balaban J connectivity index is 1.93. The fourth-order valence-electron chi connectivity index (χ4n) is 2.39. The number of hydrogen-bond donors (Lipinski definition) is 3. The van der Waals surface area contributed by atoms with E-state index in [1.165, 1.54) is 6.92 Å². The van der Waals surface area contributed by atoms with Crippen LogP contribution in [0.5, 0.6) is 0 Å². The van der Waals surface area contributed by atoms with Crippen molar-refractivity contribution in [2.45, 2.75) is 19.3 Å². The van der Waals surface area contributed by atoms with Crippen LogP contribution < -0.4 is 10.0 Å². The van der Waals surface area contributed by atoms with Gasteiger partial charge in [0.05, 0.1) is 41.5 Å². The minimum Gasteiger partial charge on any atom is -0.461 e. The first-order valence-electron chi connectivity index (χ1n) is 8.70. The Kier molecular flexibility index (Phi) is 6.57. The Morgan fingerprint density at radius 1 is 0.969 bits per heavy atom. The number of esters is 1. The van der Waals surface area contributed by atoms with Crippen LogP contribution in [-0.4, -0.2) is 22.5 Å². The summed E-state index contributed by atoms with van der Waals surface area (Å²) < 4.78 is 89.2. The summed E-state index contributed by atoms with van der Waals surface area (Å²) in [6, 6.07) is 1.52. The van der Waals surface area contributed by atoms with E-state index in [2.05, 4.69) is 29.6 Å². The number of anilines is 2. The van der Waals surface area contributed by atoms with Crippen LogP contribution in [0.1, 0.15) is 18.1 Å². The Bertz CT molecular complexity index is 1070. The number of nitrogens with zero attached hydrogens (tertiary/aromatic N) is 4. The molecule has 172 valence electrons. The first-order valence-corrected chi connectivity index (χ1v) is 10.00. The Morgan fingerprint density at radius 3 is 2.09 bits per heavy atom. The van der Waals surface area contributed by atoms with Crippen molar-refractivity contribution >= 4 is 28.6 Å². The molecule has 1 aliphatic heterocycles. The molecule has 0 saturated heterocycles. The molecule has 2 aromatic rings. The molecule has 0 fully saturated rings. The second kappa shape index (κ2) is 9.02. The highest BCUT2D eigenvalue weighted by atomic mass is 32.2. The van der Waals surface area contributed by atoms with E-state index >= 15 is 0 Å². The van der Waals surface area contributed by atoms with Crippen molar-refractivity contribution in [3.8, 4) is 0 Å². The van der Waals surface area contributed by atoms with Gasteiger partial charge in [-0.05, 0) is 30.3 Å². The van der Waals surface area contributed by atoms with E-state index in [0.717, 1.165) is 24.5 Å². The molecule has 15 heteroatoms. The lowest BCUT2D eigenvalue weighted by Crippen LogP contribution is -2.13. The average molecular weight is 480 g/mol. The van der Waals surface area contributed by atoms with Crippen LogP contribution in [-0.2, 0) is 21.9 Å². The number of aromatic nitrogens is 2. The van der Waals surface area contributed by atoms with E-state index in [9.17, 15) is 31.1 Å². The van der Waals surface area contributed by atoms with Gasteiger partial charge in [0, 0.05) is 12.4 Å². The Morgan fingerprint density at radius 2 is 1.53 bits per heavy atom. The normalized spacial score (nSPS) is 17.4. The fraction of sp³-hybridized carbons (Fsp3) is 0.235. The number of ether oxygens (including phenoxy) is 1. The third-order valence-corrected chi connectivity index (χ3v) is 5.25. The van der Waals surface area contributed by atoms with E-state index in [4.69, 9.17) is 4.74 Å². The summed E-state index contributed by atoms with van der Waals surface area (Å²) in [5.74, 6) is -0.910. The summed E-state index contributed by atoms with van der Waals surface area (Å²) in [5, 5.41) is 6.24. The molecule has 1 aliphatic rings. The number of nitrogens with one attached hydrogen (secondary N) is 2. The summed E-state index contributed by atoms with van der Waals surface area (Å²) in [5.41, 5.74) is -2.63. The van der Waals surface area contributed by atoms with E-state index in [1.807, 2.05) is 0 Å². The highest BCUT2D eigenvalue weighted by molar-refractivity contribution is 8.20. The fourth-order valence-corrected chi connectivity index (χ4v) is 3.75. The summed E-state index contributed by atoms with van der Waals surface area (Å²) >= 11 is -2.02. The summed E-state index contributed by atoms with van der Waals surface area (Å²) in [6.45, 7) is 1.52. The van der Waals surface area contributed by atoms with Crippen LogP contribution in [0.4, 0.5) is 37.7 Å². The molecule has 3 rings (SSSR count). The zero-order valence-electron chi connectivity index (χ0n) is 16.0. The van der Waals surface area contributed by atoms with Crippen molar-refractivity contribution < 1.29 is 35.9 Å². The standard InChI is InChI=1S/C17H14F6N6O2S/c1-2-31-15(30)13-14(26-11-3-9(5-24-7-11)16(18,19)20)32(29-27-13)28-12-4-10(6-25-8-12)17(21,22)23/h3-8,26,28,32H,2H2,1H3. The molecule has 8 nitrogen and oxygen atoms in total. The van der Waals surface area contributed by atoms with Gasteiger partial charge in [0.2, 0.25) is 5.70 Å². The largest absolute Gasteiger partial charge is 0.461 e. The molecule has 1 unspecified atom stereocenters. The van der Waals surface area contributed by atoms with Crippen molar-refractivity contribution in [3.63, 3.8) is 0 Å². The summed E-state index contributed by atoms with van der Waals surface area (Å²) in [4.78, 5) is 19.2. The quantitative estimate of drug-likeness (QED) is 0.303. The monoisotopic (exact) mass is 480 g/mol. The maximum Gasteiger partial charge on any atom is 0.417 e. The van der Waals surface area contributed by atoms with Crippen LogP contribution in [0.15, 0.2) is 57.3 Å². The first kappa shape index (κ1) is 23.3. The summed E-state index contributed by atoms with van der Waals surface area (Å²) in [6.07, 6.45) is -5.90. The lowest BCUT2D eigenvalue weighted by Gasteiger charge is -2.20. The molecule has 32 heavy (non-hydrogen) atoms. The molecule has 0 saturated carbocycles. The van der Waals surface area contributed by atoms with Gasteiger partial charge >= 0.3 is 18.3 Å². The molecular formula is C17H14F6N6O2S. The molecule has 1 atom stereocenters. The molecule has 0 amide bonds. The predicted molar refractivity (Wildman–Crippen MR) is 103 cm³/mol. The number of thiol groups is 1. The van der Waals surface area contributed by atoms with Crippen molar-refractivity contribution in [1.29, 1.82) is 0 Å². The second-order valence-electron chi connectivity index (χ2n) is 6.08. The van der Waals surface area contributed by atoms with Crippen LogP contribution in [0.2, 0.25) is 0 Å². The van der Waals surface area contributed by atoms with Gasteiger partial charge in [-0.1, -0.05) is 0 Å². The topological polar surface area (TPSA) is 101 Å². The molecule has 0 radical (unpaired) electrons. The lowest BCUT2D eigenvalue weighted by atomic mass is 10.2. The van der Waals surface area contributed by atoms with Gasteiger partial charge < -0.3 is 14.8 Å². The zero-order chi connectivity index (χ0) is 23.5. The Hall–Kier alpha value is -3.36. The van der Waals surface area contributed by atoms with Crippen LogP contribution in [0.25, 0.3) is 0 Å². The van der Waals surface area contributed by atoms with Gasteiger partial charge in [0.15, 0.2) is 0 Å². The van der Waals surface area contributed by atoms with Crippen molar-refractivity contribution in [2.75, 3.05) is 16.6 Å². The van der Waals surface area contributed by atoms with Gasteiger partial charge in [-0.2, -0.15) is 26.3 Å². The molecular weight excluding hydrogens is 466 g/mol. The molecule has 2 aromatic heterocycles. The smallest absolute Gasteiger partial charge is 0.417 e. The van der Waals surface area contributed by atoms with Gasteiger partial charge in [-0.3, -0.25) is 9.97 Å². The second-order valence-corrected chi connectivity index (χ2v) is 7.55. The van der Waals surface area contributed by atoms with E-state index in [-0.39, 0.29) is 28.7 Å². The van der Waals surface area contributed by atoms with E-state index in [0.29, 0.717) is 12.4 Å². The highest BCUT2D eigenvalue weighted by Crippen LogP contribution is 2.46. The number of carbonyl (C=O) groups is 1. The maximum atomic E-state index is 13.0. The average Bonchev–Trinajstić information content (AvgIpc) is 3.09. The summed E-state index contributed by atoms with van der Waals surface area (Å²) in [7, 11) is 0. The molecule has 2 N–H and O–H groups in total. The van der Waals surface area contributed by atoms with Crippen molar-refractivity contribution in [3.05, 3.63) is 58.8 Å². The van der Waals surface area contributed by atoms with Crippen LogP contribution in [0.3, 0.4) is 0 Å². The van der Waals surface area contributed by atoms with Crippen LogP contribution in [0, 0.1) is 0 Å². The molecule has 0 bridgehead atoms. The van der Waals surface area contributed by atoms with Gasteiger partial charge in [-0.15, -0.1) is 9.63 Å². The third-order valence-electron chi connectivity index (χ3n) is 3.77. The van der Waals surface area contributed by atoms with E-state index < -0.39 is 40.7 Å². The van der Waals surface area contributed by atoms with Crippen molar-refractivity contribution in [1.82, 2.24) is 9.97 Å². The number of alkyl halides is 6. The van der Waals surface area contributed by atoms with Gasteiger partial charge in [0.25, 0.3) is 0 Å². The maximum absolute atomic E-state index is 13.0. The third kappa shape index (κ3) is 5.46.